The summed E-state index contributed by atoms with van der Waals surface area (Å²) in [5.74, 6) is -2.97. The molecule has 0 aromatic carbocycles. The molecular weight excluding hydrogens is 326 g/mol. The molecule has 0 aliphatic rings. The molecule has 1 aromatic heterocycles. The van der Waals surface area contributed by atoms with E-state index in [1.165, 1.54) is 19.1 Å². The molecule has 0 aliphatic heterocycles. The molecule has 1 aromatic rings. The normalized spacial score (nSPS) is 13.2. The molecule has 1 atom stereocenters. The van der Waals surface area contributed by atoms with E-state index in [9.17, 15) is 19.5 Å². The molecule has 0 saturated carbocycles. The van der Waals surface area contributed by atoms with E-state index in [4.69, 9.17) is 10.5 Å². The van der Waals surface area contributed by atoms with Gasteiger partial charge in [-0.3, -0.25) is 9.59 Å². The highest BCUT2D eigenvalue weighted by Gasteiger charge is 2.37. The molecule has 0 fully saturated rings. The van der Waals surface area contributed by atoms with Crippen molar-refractivity contribution in [2.24, 2.45) is 11.7 Å². The molecule has 0 aliphatic carbocycles. The first-order valence-corrected chi connectivity index (χ1v) is 8.13. The molecule has 138 valence electrons. The van der Waals surface area contributed by atoms with Gasteiger partial charge in [-0.15, -0.1) is 0 Å². The average Bonchev–Trinajstić information content (AvgIpc) is 2.54. The van der Waals surface area contributed by atoms with Crippen LogP contribution in [0.25, 0.3) is 0 Å². The number of amides is 2. The van der Waals surface area contributed by atoms with E-state index in [0.29, 0.717) is 6.61 Å². The standard InChI is InChI=1S/C17H25N3O5/c1-5-6-9-25-12-8-7-11(15(22)23)13(19-12)14(21)20-17(4,10(2)3)16(18)24/h7-8,10H,5-6,9H2,1-4H3,(H2,18,24)(H,20,21)(H,22,23). The van der Waals surface area contributed by atoms with Crippen molar-refractivity contribution in [3.05, 3.63) is 23.4 Å². The Morgan fingerprint density at radius 1 is 1.36 bits per heavy atom. The third-order valence-corrected chi connectivity index (χ3v) is 4.10. The highest BCUT2D eigenvalue weighted by molar-refractivity contribution is 6.05. The highest BCUT2D eigenvalue weighted by atomic mass is 16.5. The van der Waals surface area contributed by atoms with Gasteiger partial charge in [-0.1, -0.05) is 27.2 Å². The number of carbonyl (C=O) groups excluding carboxylic acids is 2. The minimum atomic E-state index is -1.34. The number of hydrogen-bond donors (Lipinski definition) is 3. The summed E-state index contributed by atoms with van der Waals surface area (Å²) in [7, 11) is 0. The van der Waals surface area contributed by atoms with Crippen LogP contribution in [0, 0.1) is 5.92 Å². The Kier molecular flexibility index (Phi) is 6.90. The molecule has 0 saturated heterocycles. The monoisotopic (exact) mass is 351 g/mol. The van der Waals surface area contributed by atoms with Crippen molar-refractivity contribution in [2.75, 3.05) is 6.61 Å². The Morgan fingerprint density at radius 3 is 2.48 bits per heavy atom. The zero-order valence-electron chi connectivity index (χ0n) is 15.0. The molecule has 2 amide bonds. The number of aromatic carboxylic acids is 1. The second-order valence-corrected chi connectivity index (χ2v) is 6.23. The number of carbonyl (C=O) groups is 3. The second kappa shape index (κ2) is 8.46. The molecular formula is C17H25N3O5. The number of ether oxygens (including phenoxy) is 1. The van der Waals surface area contributed by atoms with E-state index in [1.54, 1.807) is 13.8 Å². The zero-order valence-corrected chi connectivity index (χ0v) is 15.0. The second-order valence-electron chi connectivity index (χ2n) is 6.23. The Bertz CT molecular complexity index is 660. The van der Waals surface area contributed by atoms with Gasteiger partial charge in [0.25, 0.3) is 5.91 Å². The van der Waals surface area contributed by atoms with E-state index in [-0.39, 0.29) is 23.1 Å². The van der Waals surface area contributed by atoms with Gasteiger partial charge in [-0.25, -0.2) is 9.78 Å². The molecule has 8 heteroatoms. The lowest BCUT2D eigenvalue weighted by Crippen LogP contribution is -2.58. The summed E-state index contributed by atoms with van der Waals surface area (Å²) in [6.45, 7) is 7.34. The van der Waals surface area contributed by atoms with Crippen molar-refractivity contribution in [3.63, 3.8) is 0 Å². The van der Waals surface area contributed by atoms with Gasteiger partial charge in [0.1, 0.15) is 11.2 Å². The third kappa shape index (κ3) is 4.91. The number of carboxylic acids is 1. The van der Waals surface area contributed by atoms with Gasteiger partial charge < -0.3 is 20.9 Å². The Morgan fingerprint density at radius 2 is 2.00 bits per heavy atom. The summed E-state index contributed by atoms with van der Waals surface area (Å²) in [6, 6.07) is 2.65. The minimum absolute atomic E-state index is 0.147. The van der Waals surface area contributed by atoms with Crippen LogP contribution in [0.15, 0.2) is 12.1 Å². The molecule has 8 nitrogen and oxygen atoms in total. The van der Waals surface area contributed by atoms with Gasteiger partial charge in [0.05, 0.1) is 12.2 Å². The minimum Gasteiger partial charge on any atom is -0.478 e. The summed E-state index contributed by atoms with van der Waals surface area (Å²) in [6.07, 6.45) is 1.73. The van der Waals surface area contributed by atoms with Crippen molar-refractivity contribution >= 4 is 17.8 Å². The van der Waals surface area contributed by atoms with Gasteiger partial charge in [0.2, 0.25) is 11.8 Å². The lowest BCUT2D eigenvalue weighted by atomic mass is 9.87. The van der Waals surface area contributed by atoms with Crippen LogP contribution in [0.5, 0.6) is 5.88 Å². The SMILES string of the molecule is CCCCOc1ccc(C(=O)O)c(C(=O)NC(C)(C(N)=O)C(C)C)n1. The fourth-order valence-corrected chi connectivity index (χ4v) is 1.97. The van der Waals surface area contributed by atoms with Gasteiger partial charge in [-0.2, -0.15) is 0 Å². The van der Waals surface area contributed by atoms with Crippen LogP contribution in [-0.2, 0) is 4.79 Å². The number of nitrogens with one attached hydrogen (secondary N) is 1. The number of pyridine rings is 1. The van der Waals surface area contributed by atoms with Crippen LogP contribution in [0.3, 0.4) is 0 Å². The summed E-state index contributed by atoms with van der Waals surface area (Å²) >= 11 is 0. The maximum absolute atomic E-state index is 12.6. The van der Waals surface area contributed by atoms with Crippen LogP contribution < -0.4 is 15.8 Å². The van der Waals surface area contributed by atoms with E-state index in [0.717, 1.165) is 12.8 Å². The van der Waals surface area contributed by atoms with Crippen LogP contribution in [0.1, 0.15) is 61.4 Å². The van der Waals surface area contributed by atoms with Gasteiger partial charge in [0.15, 0.2) is 0 Å². The first kappa shape index (κ1) is 20.4. The topological polar surface area (TPSA) is 132 Å². The lowest BCUT2D eigenvalue weighted by Gasteiger charge is -2.31. The quantitative estimate of drug-likeness (QED) is 0.579. The van der Waals surface area contributed by atoms with Crippen molar-refractivity contribution in [3.8, 4) is 5.88 Å². The van der Waals surface area contributed by atoms with Gasteiger partial charge in [0, 0.05) is 6.07 Å². The fraction of sp³-hybridized carbons (Fsp3) is 0.529. The fourth-order valence-electron chi connectivity index (χ4n) is 1.97. The van der Waals surface area contributed by atoms with E-state index < -0.39 is 23.3 Å². The Hall–Kier alpha value is -2.64. The van der Waals surface area contributed by atoms with Crippen LogP contribution in [0.2, 0.25) is 0 Å². The molecule has 25 heavy (non-hydrogen) atoms. The van der Waals surface area contributed by atoms with Crippen molar-refractivity contribution in [1.29, 1.82) is 0 Å². The molecule has 4 N–H and O–H groups in total. The van der Waals surface area contributed by atoms with Crippen LogP contribution >= 0.6 is 0 Å². The van der Waals surface area contributed by atoms with Crippen LogP contribution in [-0.4, -0.2) is 40.0 Å². The molecule has 1 heterocycles. The lowest BCUT2D eigenvalue weighted by molar-refractivity contribution is -0.125. The maximum atomic E-state index is 12.6. The first-order valence-electron chi connectivity index (χ1n) is 8.13. The number of unbranched alkanes of at least 4 members (excludes halogenated alkanes) is 1. The Labute approximate surface area is 146 Å². The molecule has 1 rings (SSSR count). The predicted molar refractivity (Wildman–Crippen MR) is 91.5 cm³/mol. The third-order valence-electron chi connectivity index (χ3n) is 4.10. The molecule has 0 bridgehead atoms. The van der Waals surface area contributed by atoms with E-state index >= 15 is 0 Å². The van der Waals surface area contributed by atoms with Crippen LogP contribution in [0.4, 0.5) is 0 Å². The van der Waals surface area contributed by atoms with Crippen molar-refractivity contribution in [2.45, 2.75) is 46.1 Å². The number of hydrogen-bond acceptors (Lipinski definition) is 5. The first-order chi connectivity index (χ1) is 11.6. The summed E-state index contributed by atoms with van der Waals surface area (Å²) in [5.41, 5.74) is 3.45. The number of aromatic nitrogens is 1. The number of nitrogens with zero attached hydrogens (tertiary/aromatic N) is 1. The summed E-state index contributed by atoms with van der Waals surface area (Å²) in [5, 5.41) is 11.8. The number of carboxylic acid groups (broad SMARTS) is 1. The number of nitrogens with two attached hydrogens (primary N) is 1. The molecule has 0 radical (unpaired) electrons. The zero-order chi connectivity index (χ0) is 19.2. The van der Waals surface area contributed by atoms with Crippen molar-refractivity contribution in [1.82, 2.24) is 10.3 Å². The maximum Gasteiger partial charge on any atom is 0.338 e. The smallest absolute Gasteiger partial charge is 0.338 e. The Balaban J connectivity index is 3.18. The largest absolute Gasteiger partial charge is 0.478 e. The number of rotatable bonds is 9. The van der Waals surface area contributed by atoms with Gasteiger partial charge >= 0.3 is 5.97 Å². The van der Waals surface area contributed by atoms with Crippen molar-refractivity contribution < 1.29 is 24.2 Å². The highest BCUT2D eigenvalue weighted by Crippen LogP contribution is 2.19. The van der Waals surface area contributed by atoms with E-state index in [1.807, 2.05) is 6.92 Å². The van der Waals surface area contributed by atoms with Gasteiger partial charge in [-0.05, 0) is 25.3 Å². The predicted octanol–water partition coefficient (Wildman–Crippen LogP) is 1.59. The summed E-state index contributed by atoms with van der Waals surface area (Å²) < 4.78 is 5.42. The summed E-state index contributed by atoms with van der Waals surface area (Å²) in [4.78, 5) is 39.7. The molecule has 1 unspecified atom stereocenters. The average molecular weight is 351 g/mol. The van der Waals surface area contributed by atoms with E-state index in [2.05, 4.69) is 10.3 Å². The molecule has 0 spiro atoms. The number of primary amides is 1.